The molecule has 6 heteroatoms. The zero-order chi connectivity index (χ0) is 21.7. The lowest BCUT2D eigenvalue weighted by atomic mass is 10.00. The highest BCUT2D eigenvalue weighted by atomic mass is 16.5. The van der Waals surface area contributed by atoms with Crippen LogP contribution >= 0.6 is 0 Å². The molecule has 2 aliphatic heterocycles. The largest absolute Gasteiger partial charge is 0.490 e. The van der Waals surface area contributed by atoms with Gasteiger partial charge in [0, 0.05) is 12.0 Å². The van der Waals surface area contributed by atoms with Crippen LogP contribution in [0.2, 0.25) is 0 Å². The van der Waals surface area contributed by atoms with Crippen LogP contribution in [-0.2, 0) is 17.6 Å². The number of rotatable bonds is 2. The van der Waals surface area contributed by atoms with Gasteiger partial charge in [0.1, 0.15) is 23.9 Å². The van der Waals surface area contributed by atoms with Crippen molar-refractivity contribution in [3.05, 3.63) is 77.4 Å². The maximum Gasteiger partial charge on any atom is 0.252 e. The van der Waals surface area contributed by atoms with Crippen LogP contribution in [0.25, 0.3) is 0 Å². The van der Waals surface area contributed by atoms with E-state index in [9.17, 15) is 14.9 Å². The average Bonchev–Trinajstić information content (AvgIpc) is 3.56. The van der Waals surface area contributed by atoms with E-state index in [4.69, 9.17) is 4.74 Å². The molecule has 2 bridgehead atoms. The van der Waals surface area contributed by atoms with Crippen molar-refractivity contribution in [3.63, 3.8) is 0 Å². The molecular weight excluding hydrogens is 390 g/mol. The van der Waals surface area contributed by atoms with Crippen molar-refractivity contribution < 1.29 is 14.3 Å². The molecule has 31 heavy (non-hydrogen) atoms. The Bertz CT molecular complexity index is 1030. The monoisotopic (exact) mass is 415 g/mol. The molecule has 1 aliphatic carbocycles. The Kier molecular flexibility index (Phi) is 6.03. The van der Waals surface area contributed by atoms with Gasteiger partial charge in [-0.15, -0.1) is 0 Å². The molecule has 158 valence electrons. The number of hydrogen-bond donors (Lipinski definition) is 2. The molecule has 1 atom stereocenters. The highest BCUT2D eigenvalue weighted by molar-refractivity contribution is 5.99. The molecule has 2 heterocycles. The minimum atomic E-state index is -0.793. The third kappa shape index (κ3) is 5.13. The van der Waals surface area contributed by atoms with Gasteiger partial charge in [-0.1, -0.05) is 42.5 Å². The van der Waals surface area contributed by atoms with Crippen LogP contribution in [0.4, 0.5) is 0 Å². The highest BCUT2D eigenvalue weighted by Crippen LogP contribution is 2.34. The Hall–Kier alpha value is -3.59. The van der Waals surface area contributed by atoms with Crippen LogP contribution in [0.1, 0.15) is 40.7 Å². The number of nitrogens with zero attached hydrogens (tertiary/aromatic N) is 1. The smallest absolute Gasteiger partial charge is 0.252 e. The summed E-state index contributed by atoms with van der Waals surface area (Å²) < 4.78 is 5.74. The molecule has 0 unspecified atom stereocenters. The summed E-state index contributed by atoms with van der Waals surface area (Å²) in [5.41, 5.74) is 1.59. The summed E-state index contributed by atoms with van der Waals surface area (Å²) in [6, 6.07) is 16.3. The van der Waals surface area contributed by atoms with Crippen LogP contribution in [0, 0.1) is 11.3 Å². The van der Waals surface area contributed by atoms with Gasteiger partial charge in [-0.3, -0.25) is 9.59 Å². The Morgan fingerprint density at radius 2 is 1.90 bits per heavy atom. The van der Waals surface area contributed by atoms with Gasteiger partial charge in [-0.05, 0) is 55.0 Å². The molecule has 1 saturated carbocycles. The molecule has 5 rings (SSSR count). The summed E-state index contributed by atoms with van der Waals surface area (Å²) in [4.78, 5) is 26.1. The summed E-state index contributed by atoms with van der Waals surface area (Å²) in [6.07, 6.45) is 7.11. The second kappa shape index (κ2) is 9.05. The number of carbonyl (C=O) groups is 2. The van der Waals surface area contributed by atoms with Crippen LogP contribution < -0.4 is 15.4 Å². The number of nitriles is 1. The lowest BCUT2D eigenvalue weighted by Crippen LogP contribution is -2.51. The van der Waals surface area contributed by atoms with E-state index in [-0.39, 0.29) is 11.8 Å². The summed E-state index contributed by atoms with van der Waals surface area (Å²) in [6.45, 7) is 0.475. The normalized spacial score (nSPS) is 21.0. The van der Waals surface area contributed by atoms with Gasteiger partial charge < -0.3 is 15.4 Å². The fourth-order valence-electron chi connectivity index (χ4n) is 3.64. The van der Waals surface area contributed by atoms with E-state index in [0.717, 1.165) is 23.3 Å². The minimum absolute atomic E-state index is 0.284. The Balaban J connectivity index is 1.62. The molecule has 2 aromatic rings. The van der Waals surface area contributed by atoms with Crippen LogP contribution in [0.5, 0.6) is 5.75 Å². The number of hydrogen-bond acceptors (Lipinski definition) is 4. The molecule has 0 spiro atoms. The van der Waals surface area contributed by atoms with Gasteiger partial charge in [0.2, 0.25) is 5.91 Å². The Labute approximate surface area is 181 Å². The third-order valence-corrected chi connectivity index (χ3v) is 5.67. The van der Waals surface area contributed by atoms with Crippen molar-refractivity contribution in [1.82, 2.24) is 10.6 Å². The molecule has 1 fully saturated rings. The van der Waals surface area contributed by atoms with Crippen LogP contribution in [0.15, 0.2) is 60.7 Å². The lowest BCUT2D eigenvalue weighted by molar-refractivity contribution is -0.123. The molecule has 0 radical (unpaired) electrons. The van der Waals surface area contributed by atoms with E-state index >= 15 is 0 Å². The number of ether oxygens (including phenoxy) is 1. The van der Waals surface area contributed by atoms with Crippen molar-refractivity contribution in [2.75, 3.05) is 6.61 Å². The molecule has 6 nitrogen and oxygen atoms in total. The minimum Gasteiger partial charge on any atom is -0.490 e. The first-order valence-electron chi connectivity index (χ1n) is 10.6. The molecule has 0 saturated heterocycles. The Morgan fingerprint density at radius 3 is 2.65 bits per heavy atom. The maximum atomic E-state index is 13.1. The standard InChI is InChI=1S/C25H25N3O3/c26-17-25(13-14-25)28-24(30)22-16-18-9-11-20(12-10-18)31-15-5-1-2-6-19-7-3-4-8-21(19)23(29)27-22/h1,3-5,7-12,22H,2,6,13-16H2,(H,27,29)(H,28,30)/b5-1-/t22-/m0/s1. The Morgan fingerprint density at radius 1 is 1.13 bits per heavy atom. The van der Waals surface area contributed by atoms with Crippen molar-refractivity contribution in [3.8, 4) is 11.8 Å². The zero-order valence-electron chi connectivity index (χ0n) is 17.3. The number of amides is 2. The first-order valence-corrected chi connectivity index (χ1v) is 10.6. The second-order valence-electron chi connectivity index (χ2n) is 8.04. The van der Waals surface area contributed by atoms with E-state index in [1.165, 1.54) is 0 Å². The number of aryl methyl sites for hydroxylation is 1. The molecule has 2 N–H and O–H groups in total. The third-order valence-electron chi connectivity index (χ3n) is 5.67. The SMILES string of the molecule is N#CC1(NC(=O)[C@@H]2Cc3ccc(cc3)OC/C=C\CCc3ccccc3C(=O)N2)CC1. The van der Waals surface area contributed by atoms with Crippen LogP contribution in [-0.4, -0.2) is 30.0 Å². The van der Waals surface area contributed by atoms with E-state index in [1.54, 1.807) is 6.07 Å². The predicted octanol–water partition coefficient (Wildman–Crippen LogP) is 3.08. The summed E-state index contributed by atoms with van der Waals surface area (Å²) in [7, 11) is 0. The highest BCUT2D eigenvalue weighted by Gasteiger charge is 2.45. The summed E-state index contributed by atoms with van der Waals surface area (Å²) >= 11 is 0. The second-order valence-corrected chi connectivity index (χ2v) is 8.04. The fourth-order valence-corrected chi connectivity index (χ4v) is 3.64. The van der Waals surface area contributed by atoms with Crippen molar-refractivity contribution >= 4 is 11.8 Å². The van der Waals surface area contributed by atoms with Crippen molar-refractivity contribution in [2.45, 2.75) is 43.7 Å². The van der Waals surface area contributed by atoms with Gasteiger partial charge in [-0.2, -0.15) is 5.26 Å². The number of nitrogens with one attached hydrogen (secondary N) is 2. The van der Waals surface area contributed by atoms with Gasteiger partial charge in [0.15, 0.2) is 0 Å². The van der Waals surface area contributed by atoms with Crippen LogP contribution in [0.3, 0.4) is 0 Å². The molecular formula is C25H25N3O3. The van der Waals surface area contributed by atoms with Gasteiger partial charge >= 0.3 is 0 Å². The van der Waals surface area contributed by atoms with E-state index < -0.39 is 11.6 Å². The van der Waals surface area contributed by atoms with Crippen molar-refractivity contribution in [2.24, 2.45) is 0 Å². The molecule has 0 aromatic heterocycles. The maximum absolute atomic E-state index is 13.1. The molecule has 2 amide bonds. The quantitative estimate of drug-likeness (QED) is 0.738. The first kappa shape index (κ1) is 20.7. The predicted molar refractivity (Wildman–Crippen MR) is 117 cm³/mol. The number of carbonyl (C=O) groups excluding carboxylic acids is 2. The molecule has 3 aliphatic rings. The number of fused-ring (bicyclic) bond motifs is 9. The van der Waals surface area contributed by atoms with Gasteiger partial charge in [-0.25, -0.2) is 0 Å². The van der Waals surface area contributed by atoms with E-state index in [2.05, 4.69) is 16.7 Å². The zero-order valence-corrected chi connectivity index (χ0v) is 17.3. The number of allylic oxidation sites excluding steroid dienone is 1. The van der Waals surface area contributed by atoms with Crippen molar-refractivity contribution in [1.29, 1.82) is 5.26 Å². The average molecular weight is 415 g/mol. The summed E-state index contributed by atoms with van der Waals surface area (Å²) in [5.74, 6) is 0.125. The topological polar surface area (TPSA) is 91.2 Å². The molecule has 2 aromatic carbocycles. The summed E-state index contributed by atoms with van der Waals surface area (Å²) in [5, 5.41) is 15.1. The fraction of sp³-hybridized carbons (Fsp3) is 0.320. The van der Waals surface area contributed by atoms with E-state index in [1.807, 2.05) is 54.6 Å². The van der Waals surface area contributed by atoms with Gasteiger partial charge in [0.05, 0.1) is 6.07 Å². The van der Waals surface area contributed by atoms with E-state index in [0.29, 0.717) is 37.9 Å². The number of benzene rings is 2. The lowest BCUT2D eigenvalue weighted by Gasteiger charge is -2.21. The van der Waals surface area contributed by atoms with Gasteiger partial charge in [0.25, 0.3) is 5.91 Å². The first-order chi connectivity index (χ1) is 15.1.